The van der Waals surface area contributed by atoms with Crippen molar-refractivity contribution in [3.05, 3.63) is 59.9 Å². The van der Waals surface area contributed by atoms with Gasteiger partial charge in [0.1, 0.15) is 5.82 Å². The van der Waals surface area contributed by atoms with Gasteiger partial charge in [-0.05, 0) is 50.6 Å². The van der Waals surface area contributed by atoms with E-state index in [1.54, 1.807) is 12.1 Å². The number of nitrogens with one attached hydrogen (secondary N) is 1. The minimum atomic E-state index is -0.275. The second-order valence-electron chi connectivity index (χ2n) is 7.91. The minimum absolute atomic E-state index is 0.0469. The molecule has 2 aromatic heterocycles. The molecule has 0 fully saturated rings. The molecule has 150 valence electrons. The van der Waals surface area contributed by atoms with E-state index in [9.17, 15) is 9.18 Å². The van der Waals surface area contributed by atoms with E-state index in [0.717, 1.165) is 16.6 Å². The van der Waals surface area contributed by atoms with Gasteiger partial charge in [-0.1, -0.05) is 36.0 Å². The number of fused-ring (bicyclic) bond motifs is 3. The van der Waals surface area contributed by atoms with Gasteiger partial charge in [0.15, 0.2) is 5.16 Å². The molecule has 0 aliphatic rings. The first-order valence-electron chi connectivity index (χ1n) is 9.32. The number of carbonyl (C=O) groups excluding carboxylic acids is 1. The lowest BCUT2D eigenvalue weighted by Gasteiger charge is -2.20. The molecule has 0 saturated heterocycles. The highest BCUT2D eigenvalue weighted by Gasteiger charge is 2.19. The molecule has 1 amide bonds. The Bertz CT molecular complexity index is 1170. The van der Waals surface area contributed by atoms with Crippen LogP contribution in [0.5, 0.6) is 0 Å². The van der Waals surface area contributed by atoms with Gasteiger partial charge in [-0.25, -0.2) is 4.39 Å². The number of para-hydroxylation sites is 2. The molecule has 2 heterocycles. The number of nitrogens with zero attached hydrogens (tertiary/aromatic N) is 4. The second kappa shape index (κ2) is 7.51. The van der Waals surface area contributed by atoms with E-state index < -0.39 is 0 Å². The Kier molecular flexibility index (Phi) is 5.04. The molecule has 4 aromatic rings. The lowest BCUT2D eigenvalue weighted by atomic mass is 10.1. The Hall–Kier alpha value is -2.87. The Morgan fingerprint density at radius 3 is 2.45 bits per heavy atom. The fourth-order valence-corrected chi connectivity index (χ4v) is 3.98. The van der Waals surface area contributed by atoms with Gasteiger partial charge in [0.2, 0.25) is 11.7 Å². The van der Waals surface area contributed by atoms with Gasteiger partial charge >= 0.3 is 0 Å². The van der Waals surface area contributed by atoms with Crippen LogP contribution in [-0.4, -0.2) is 36.4 Å². The van der Waals surface area contributed by atoms with Gasteiger partial charge in [0.05, 0.1) is 23.3 Å². The van der Waals surface area contributed by atoms with Gasteiger partial charge in [0, 0.05) is 5.54 Å². The van der Waals surface area contributed by atoms with Crippen LogP contribution < -0.4 is 5.32 Å². The zero-order valence-corrected chi connectivity index (χ0v) is 17.3. The third-order valence-corrected chi connectivity index (χ3v) is 5.30. The van der Waals surface area contributed by atoms with Crippen LogP contribution in [0.4, 0.5) is 4.39 Å². The van der Waals surface area contributed by atoms with Crippen molar-refractivity contribution in [3.8, 4) is 0 Å². The average Bonchev–Trinajstić information content (AvgIpc) is 3.20. The summed E-state index contributed by atoms with van der Waals surface area (Å²) in [6.07, 6.45) is 0. The largest absolute Gasteiger partial charge is 0.351 e. The molecule has 0 atom stereocenters. The van der Waals surface area contributed by atoms with Crippen LogP contribution in [0.2, 0.25) is 0 Å². The van der Waals surface area contributed by atoms with Crippen LogP contribution in [0.15, 0.2) is 53.7 Å². The van der Waals surface area contributed by atoms with E-state index in [2.05, 4.69) is 20.1 Å². The Morgan fingerprint density at radius 2 is 1.76 bits per heavy atom. The fourth-order valence-electron chi connectivity index (χ4n) is 3.24. The lowest BCUT2D eigenvalue weighted by Crippen LogP contribution is -2.41. The smallest absolute Gasteiger partial charge is 0.237 e. The topological polar surface area (TPSA) is 64.2 Å². The molecule has 4 rings (SSSR count). The van der Waals surface area contributed by atoms with Gasteiger partial charge in [0.25, 0.3) is 0 Å². The summed E-state index contributed by atoms with van der Waals surface area (Å²) in [6, 6.07) is 14.4. The van der Waals surface area contributed by atoms with E-state index in [1.807, 2.05) is 49.4 Å². The lowest BCUT2D eigenvalue weighted by molar-refractivity contribution is -0.119. The molecule has 0 aliphatic carbocycles. The van der Waals surface area contributed by atoms with Crippen molar-refractivity contribution in [1.82, 2.24) is 24.5 Å². The first-order chi connectivity index (χ1) is 13.8. The summed E-state index contributed by atoms with van der Waals surface area (Å²) >= 11 is 1.36. The maximum absolute atomic E-state index is 13.3. The van der Waals surface area contributed by atoms with Crippen molar-refractivity contribution >= 4 is 34.5 Å². The standard InChI is InChI=1S/C21H22FN5OS/c1-21(2,3)23-18(28)13-29-20-25-24-19-26(12-14-8-10-15(22)11-9-14)16-6-4-5-7-17(16)27(19)20/h4-11H,12-13H2,1-3H3,(H,23,28). The Labute approximate surface area is 172 Å². The molecule has 2 aromatic carbocycles. The van der Waals surface area contributed by atoms with Crippen molar-refractivity contribution in [2.24, 2.45) is 0 Å². The molecule has 0 spiro atoms. The molecular formula is C21H22FN5OS. The summed E-state index contributed by atoms with van der Waals surface area (Å²) in [7, 11) is 0. The summed E-state index contributed by atoms with van der Waals surface area (Å²) in [6.45, 7) is 6.40. The van der Waals surface area contributed by atoms with Gasteiger partial charge < -0.3 is 9.88 Å². The number of thioether (sulfide) groups is 1. The molecule has 0 radical (unpaired) electrons. The summed E-state index contributed by atoms with van der Waals surface area (Å²) in [4.78, 5) is 12.2. The summed E-state index contributed by atoms with van der Waals surface area (Å²) in [5, 5.41) is 12.3. The maximum Gasteiger partial charge on any atom is 0.237 e. The van der Waals surface area contributed by atoms with Gasteiger partial charge in [-0.15, -0.1) is 10.2 Å². The SMILES string of the molecule is CC(C)(C)NC(=O)CSc1nnc2n(Cc3ccc(F)cc3)c3ccccc3n12. The van der Waals surface area contributed by atoms with Crippen LogP contribution >= 0.6 is 11.8 Å². The molecule has 0 unspecified atom stereocenters. The second-order valence-corrected chi connectivity index (χ2v) is 8.85. The third kappa shape index (κ3) is 4.12. The monoisotopic (exact) mass is 411 g/mol. The van der Waals surface area contributed by atoms with E-state index >= 15 is 0 Å². The number of amides is 1. The summed E-state index contributed by atoms with van der Waals surface area (Å²) in [5.41, 5.74) is 2.66. The quantitative estimate of drug-likeness (QED) is 0.506. The molecule has 1 N–H and O–H groups in total. The van der Waals surface area contributed by atoms with Crippen LogP contribution in [0.3, 0.4) is 0 Å². The summed E-state index contributed by atoms with van der Waals surface area (Å²) < 4.78 is 17.3. The zero-order valence-electron chi connectivity index (χ0n) is 16.5. The highest BCUT2D eigenvalue weighted by molar-refractivity contribution is 7.99. The molecule has 0 aliphatic heterocycles. The van der Waals surface area contributed by atoms with Gasteiger partial charge in [-0.2, -0.15) is 0 Å². The van der Waals surface area contributed by atoms with Gasteiger partial charge in [-0.3, -0.25) is 9.20 Å². The molecule has 6 nitrogen and oxygen atoms in total. The van der Waals surface area contributed by atoms with Crippen molar-refractivity contribution in [2.45, 2.75) is 38.0 Å². The minimum Gasteiger partial charge on any atom is -0.351 e. The normalized spacial score (nSPS) is 12.0. The predicted molar refractivity (Wildman–Crippen MR) is 113 cm³/mol. The maximum atomic E-state index is 13.3. The number of carbonyl (C=O) groups is 1. The number of rotatable bonds is 5. The van der Waals surface area contributed by atoms with E-state index in [0.29, 0.717) is 17.5 Å². The zero-order chi connectivity index (χ0) is 20.6. The number of hydrogen-bond acceptors (Lipinski definition) is 4. The first-order valence-corrected chi connectivity index (χ1v) is 10.3. The summed E-state index contributed by atoms with van der Waals surface area (Å²) in [5.74, 6) is 0.643. The number of halogens is 1. The third-order valence-electron chi connectivity index (χ3n) is 4.37. The fraction of sp³-hybridized carbons (Fsp3) is 0.286. The number of hydrogen-bond donors (Lipinski definition) is 1. The van der Waals surface area contributed by atoms with Crippen molar-refractivity contribution in [1.29, 1.82) is 0 Å². The molecule has 0 saturated carbocycles. The highest BCUT2D eigenvalue weighted by Crippen LogP contribution is 2.26. The van der Waals surface area contributed by atoms with Crippen LogP contribution in [0.25, 0.3) is 16.8 Å². The molecule has 29 heavy (non-hydrogen) atoms. The molecule has 8 heteroatoms. The highest BCUT2D eigenvalue weighted by atomic mass is 32.2. The predicted octanol–water partition coefficient (Wildman–Crippen LogP) is 3.88. The van der Waals surface area contributed by atoms with E-state index in [1.165, 1.54) is 23.9 Å². The van der Waals surface area contributed by atoms with Crippen LogP contribution in [0, 0.1) is 5.82 Å². The first kappa shape index (κ1) is 19.4. The number of benzene rings is 2. The van der Waals surface area contributed by atoms with E-state index in [4.69, 9.17) is 0 Å². The van der Waals surface area contributed by atoms with Crippen molar-refractivity contribution in [2.75, 3.05) is 5.75 Å². The van der Waals surface area contributed by atoms with Crippen molar-refractivity contribution in [3.63, 3.8) is 0 Å². The molecule has 0 bridgehead atoms. The van der Waals surface area contributed by atoms with Crippen LogP contribution in [0.1, 0.15) is 26.3 Å². The number of aromatic nitrogens is 4. The van der Waals surface area contributed by atoms with Crippen LogP contribution in [-0.2, 0) is 11.3 Å². The molecular weight excluding hydrogens is 389 g/mol. The van der Waals surface area contributed by atoms with Crippen molar-refractivity contribution < 1.29 is 9.18 Å². The Balaban J connectivity index is 1.68. The average molecular weight is 412 g/mol. The number of imidazole rings is 1. The van der Waals surface area contributed by atoms with E-state index in [-0.39, 0.29) is 23.0 Å². The Morgan fingerprint density at radius 1 is 1.07 bits per heavy atom.